The van der Waals surface area contributed by atoms with Crippen molar-refractivity contribution < 1.29 is 37.7 Å². The SMILES string of the molecule is C#Cc1c(F)ccc2cc(O)cc(-c3ncc4c(N5CC(C)CC(NC(=O)OCc6ccc(OC(=O)CCCC)cc6)C5)nc(OC)nc4c3F)c12. The molecule has 0 aliphatic carbocycles. The van der Waals surface area contributed by atoms with Gasteiger partial charge in [-0.1, -0.05) is 44.4 Å². The van der Waals surface area contributed by atoms with E-state index in [9.17, 15) is 19.1 Å². The maximum atomic E-state index is 16.5. The number of nitrogens with zero attached hydrogens (tertiary/aromatic N) is 4. The number of esters is 1. The van der Waals surface area contributed by atoms with E-state index < -0.39 is 17.7 Å². The van der Waals surface area contributed by atoms with Crippen LogP contribution in [0.5, 0.6) is 17.5 Å². The van der Waals surface area contributed by atoms with Crippen LogP contribution in [0.15, 0.2) is 54.7 Å². The van der Waals surface area contributed by atoms with Gasteiger partial charge in [-0.15, -0.1) is 6.42 Å². The summed E-state index contributed by atoms with van der Waals surface area (Å²) in [6, 6.07) is 11.6. The van der Waals surface area contributed by atoms with Crippen molar-refractivity contribution in [2.75, 3.05) is 25.1 Å². The summed E-state index contributed by atoms with van der Waals surface area (Å²) in [6.07, 6.45) is 9.11. The number of carbonyl (C=O) groups is 2. The standard InChI is InChI=1S/C39H37F2N5O6/c1-5-7-8-32(48)52-27-12-9-23(10-13-27)21-51-39(49)43-25-15-22(3)19-46(20-25)37-30-18-42-35(34(41)36(30)44-38(45-37)50-4)29-17-26(47)16-24-11-14-31(40)28(6-2)33(24)29/h2,9-14,16-18,22,25,47H,5,7-8,15,19-21H2,1,3-4H3,(H,43,49). The number of hydrogen-bond donors (Lipinski definition) is 2. The lowest BCUT2D eigenvalue weighted by atomic mass is 9.95. The van der Waals surface area contributed by atoms with Gasteiger partial charge in [0, 0.05) is 36.7 Å². The number of fused-ring (bicyclic) bond motifs is 2. The average Bonchev–Trinajstić information content (AvgIpc) is 3.13. The van der Waals surface area contributed by atoms with E-state index in [4.69, 9.17) is 20.6 Å². The Bertz CT molecular complexity index is 2190. The van der Waals surface area contributed by atoms with Crippen molar-refractivity contribution >= 4 is 39.6 Å². The van der Waals surface area contributed by atoms with Gasteiger partial charge in [0.15, 0.2) is 5.82 Å². The first-order valence-electron chi connectivity index (χ1n) is 16.9. The Morgan fingerprint density at radius 2 is 1.90 bits per heavy atom. The molecule has 1 saturated heterocycles. The van der Waals surface area contributed by atoms with Crippen LogP contribution in [0.25, 0.3) is 32.9 Å². The number of methoxy groups -OCH3 is 1. The van der Waals surface area contributed by atoms with Gasteiger partial charge in [-0.3, -0.25) is 9.78 Å². The van der Waals surface area contributed by atoms with Crippen LogP contribution in [0.1, 0.15) is 50.7 Å². The summed E-state index contributed by atoms with van der Waals surface area (Å²) in [5, 5.41) is 14.3. The maximum absolute atomic E-state index is 16.5. The number of piperidine rings is 1. The van der Waals surface area contributed by atoms with Gasteiger partial charge in [0.2, 0.25) is 0 Å². The molecule has 11 nitrogen and oxygen atoms in total. The molecular formula is C39H37F2N5O6. The predicted octanol–water partition coefficient (Wildman–Crippen LogP) is 7.06. The van der Waals surface area contributed by atoms with Crippen molar-refractivity contribution in [3.05, 3.63) is 77.5 Å². The third-order valence-corrected chi connectivity index (χ3v) is 8.82. The van der Waals surface area contributed by atoms with Gasteiger partial charge in [-0.05, 0) is 60.0 Å². The van der Waals surface area contributed by atoms with Crippen molar-refractivity contribution in [1.29, 1.82) is 0 Å². The van der Waals surface area contributed by atoms with Crippen molar-refractivity contribution in [3.8, 4) is 41.1 Å². The average molecular weight is 710 g/mol. The summed E-state index contributed by atoms with van der Waals surface area (Å²) in [4.78, 5) is 39.9. The fourth-order valence-corrected chi connectivity index (χ4v) is 6.44. The van der Waals surface area contributed by atoms with Gasteiger partial charge in [0.1, 0.15) is 41.0 Å². The molecule has 0 spiro atoms. The highest BCUT2D eigenvalue weighted by atomic mass is 19.1. The van der Waals surface area contributed by atoms with Gasteiger partial charge in [0.25, 0.3) is 0 Å². The zero-order chi connectivity index (χ0) is 36.9. The first-order valence-corrected chi connectivity index (χ1v) is 16.9. The molecule has 0 radical (unpaired) electrons. The summed E-state index contributed by atoms with van der Waals surface area (Å²) in [7, 11) is 1.36. The number of carbonyl (C=O) groups excluding carboxylic acids is 2. The van der Waals surface area contributed by atoms with Crippen LogP contribution in [0, 0.1) is 29.9 Å². The van der Waals surface area contributed by atoms with E-state index in [1.54, 1.807) is 24.3 Å². The van der Waals surface area contributed by atoms with Gasteiger partial charge in [-0.2, -0.15) is 9.97 Å². The van der Waals surface area contributed by atoms with E-state index in [-0.39, 0.29) is 69.4 Å². The molecule has 52 heavy (non-hydrogen) atoms. The highest BCUT2D eigenvalue weighted by Gasteiger charge is 2.30. The number of aromatic hydroxyl groups is 1. The molecule has 0 bridgehead atoms. The number of pyridine rings is 1. The van der Waals surface area contributed by atoms with Crippen molar-refractivity contribution in [3.63, 3.8) is 0 Å². The second-order valence-corrected chi connectivity index (χ2v) is 12.8. The molecule has 5 aromatic rings. The van der Waals surface area contributed by atoms with E-state index in [2.05, 4.69) is 26.2 Å². The molecule has 268 valence electrons. The van der Waals surface area contributed by atoms with E-state index in [1.807, 2.05) is 18.7 Å². The smallest absolute Gasteiger partial charge is 0.407 e. The lowest BCUT2D eigenvalue weighted by Crippen LogP contribution is -2.50. The molecule has 1 aliphatic rings. The fraction of sp³-hybridized carbons (Fsp3) is 0.308. The molecule has 3 aromatic carbocycles. The number of unbranched alkanes of at least 4 members (excludes halogenated alkanes) is 1. The van der Waals surface area contributed by atoms with Crippen LogP contribution < -0.4 is 19.7 Å². The number of nitrogens with one attached hydrogen (secondary N) is 1. The molecule has 1 amide bonds. The van der Waals surface area contributed by atoms with Crippen LogP contribution in [-0.2, 0) is 16.1 Å². The Labute approximate surface area is 298 Å². The van der Waals surface area contributed by atoms with Crippen LogP contribution in [0.2, 0.25) is 0 Å². The molecule has 6 rings (SSSR count). The molecule has 3 heterocycles. The largest absolute Gasteiger partial charge is 0.508 e. The molecule has 13 heteroatoms. The highest BCUT2D eigenvalue weighted by Crippen LogP contribution is 2.39. The van der Waals surface area contributed by atoms with Crippen LogP contribution in [0.4, 0.5) is 19.4 Å². The third kappa shape index (κ3) is 7.66. The molecule has 1 fully saturated rings. The number of ether oxygens (including phenoxy) is 3. The van der Waals surface area contributed by atoms with E-state index >= 15 is 4.39 Å². The van der Waals surface area contributed by atoms with E-state index in [0.29, 0.717) is 42.9 Å². The predicted molar refractivity (Wildman–Crippen MR) is 191 cm³/mol. The minimum absolute atomic E-state index is 0.00681. The zero-order valence-electron chi connectivity index (χ0n) is 28.9. The minimum Gasteiger partial charge on any atom is -0.508 e. The summed E-state index contributed by atoms with van der Waals surface area (Å²) in [5.74, 6) is 1.21. The second kappa shape index (κ2) is 15.5. The molecule has 2 N–H and O–H groups in total. The van der Waals surface area contributed by atoms with Gasteiger partial charge >= 0.3 is 18.1 Å². The number of hydrogen-bond acceptors (Lipinski definition) is 10. The number of anilines is 1. The number of rotatable bonds is 10. The summed E-state index contributed by atoms with van der Waals surface area (Å²) >= 11 is 0. The maximum Gasteiger partial charge on any atom is 0.407 e. The Hall–Kier alpha value is -6.03. The topological polar surface area (TPSA) is 136 Å². The molecule has 0 saturated carbocycles. The number of alkyl carbamates (subject to hydrolysis) is 1. The quantitative estimate of drug-likeness (QED) is 0.0882. The van der Waals surface area contributed by atoms with Crippen molar-refractivity contribution in [2.24, 2.45) is 5.92 Å². The fourth-order valence-electron chi connectivity index (χ4n) is 6.44. The lowest BCUT2D eigenvalue weighted by Gasteiger charge is -2.37. The monoisotopic (exact) mass is 709 g/mol. The van der Waals surface area contributed by atoms with Crippen molar-refractivity contribution in [1.82, 2.24) is 20.3 Å². The third-order valence-electron chi connectivity index (χ3n) is 8.82. The van der Waals surface area contributed by atoms with Crippen molar-refractivity contribution in [2.45, 2.75) is 52.2 Å². The lowest BCUT2D eigenvalue weighted by molar-refractivity contribution is -0.134. The first-order chi connectivity index (χ1) is 25.1. The van der Waals surface area contributed by atoms with E-state index in [0.717, 1.165) is 18.4 Å². The number of phenols is 1. The van der Waals surface area contributed by atoms with Crippen LogP contribution >= 0.6 is 0 Å². The number of terminal acetylenes is 1. The van der Waals surface area contributed by atoms with Gasteiger partial charge in [-0.25, -0.2) is 13.6 Å². The number of halogens is 2. The van der Waals surface area contributed by atoms with Gasteiger partial charge in [0.05, 0.1) is 24.1 Å². The summed E-state index contributed by atoms with van der Waals surface area (Å²) in [6.45, 7) is 4.88. The first kappa shape index (κ1) is 35.8. The van der Waals surface area contributed by atoms with E-state index in [1.165, 1.54) is 37.6 Å². The molecule has 1 aliphatic heterocycles. The normalized spacial score (nSPS) is 15.7. The number of benzene rings is 3. The molecular weight excluding hydrogens is 672 g/mol. The zero-order valence-corrected chi connectivity index (χ0v) is 28.9. The van der Waals surface area contributed by atoms with Gasteiger partial charge < -0.3 is 29.5 Å². The number of phenolic OH excluding ortho intramolecular Hbond substituents is 1. The second-order valence-electron chi connectivity index (χ2n) is 12.8. The van der Waals surface area contributed by atoms with Crippen LogP contribution in [0.3, 0.4) is 0 Å². The summed E-state index contributed by atoms with van der Waals surface area (Å²) in [5.41, 5.74) is 0.421. The Kier molecular flexibility index (Phi) is 10.6. The highest BCUT2D eigenvalue weighted by molar-refractivity contribution is 6.03. The molecule has 2 unspecified atom stereocenters. The molecule has 2 aromatic heterocycles. The Morgan fingerprint density at radius 3 is 2.63 bits per heavy atom. The Balaban J connectivity index is 1.22. The van der Waals surface area contributed by atoms with Crippen LogP contribution in [-0.4, -0.2) is 58.4 Å². The summed E-state index contributed by atoms with van der Waals surface area (Å²) < 4.78 is 47.5. The molecule has 2 atom stereocenters. The minimum atomic E-state index is -0.843. The number of amides is 1. The number of aromatic nitrogens is 3. The Morgan fingerprint density at radius 1 is 1.12 bits per heavy atom.